The van der Waals surface area contributed by atoms with Crippen molar-refractivity contribution >= 4 is 45.3 Å². The minimum absolute atomic E-state index is 0.457. The van der Waals surface area contributed by atoms with Gasteiger partial charge in [0.2, 0.25) is 0 Å². The molecule has 0 aromatic heterocycles. The molecule has 0 saturated heterocycles. The first-order chi connectivity index (χ1) is 13.0. The third-order valence-corrected chi connectivity index (χ3v) is 4.14. The molecule has 2 rings (SSSR count). The summed E-state index contributed by atoms with van der Waals surface area (Å²) in [5, 5.41) is 9.77. The summed E-state index contributed by atoms with van der Waals surface area (Å²) in [6, 6.07) is 15.4. The van der Waals surface area contributed by atoms with Crippen LogP contribution in [0, 0.1) is 5.92 Å². The summed E-state index contributed by atoms with van der Waals surface area (Å²) in [4.78, 5) is 23.5. The smallest absolute Gasteiger partial charge is 0.329 e. The number of carbonyl (C=O) groups is 2. The van der Waals surface area contributed by atoms with Crippen LogP contribution in [0.1, 0.15) is 25.8 Å². The first-order valence-electron chi connectivity index (χ1n) is 8.68. The highest BCUT2D eigenvalue weighted by Gasteiger charge is 2.12. The summed E-state index contributed by atoms with van der Waals surface area (Å²) in [7, 11) is 0. The third-order valence-electron chi connectivity index (χ3n) is 3.65. The number of rotatable bonds is 7. The van der Waals surface area contributed by atoms with Gasteiger partial charge in [-0.15, -0.1) is 0 Å². The van der Waals surface area contributed by atoms with Crippen LogP contribution in [0.4, 0.5) is 11.4 Å². The zero-order valence-corrected chi connectivity index (χ0v) is 16.9. The SMILES string of the molecule is CC(C)CCNC(=O)C(=O)N/N=C\c1cc(Br)ccc1Nc1ccccc1. The average Bonchev–Trinajstić information content (AvgIpc) is 2.64. The van der Waals surface area contributed by atoms with E-state index in [9.17, 15) is 9.59 Å². The molecule has 0 aliphatic heterocycles. The summed E-state index contributed by atoms with van der Waals surface area (Å²) in [6.07, 6.45) is 2.31. The topological polar surface area (TPSA) is 82.6 Å². The molecule has 6 nitrogen and oxygen atoms in total. The molecule has 3 N–H and O–H groups in total. The zero-order valence-electron chi connectivity index (χ0n) is 15.3. The Morgan fingerprint density at radius 1 is 1.11 bits per heavy atom. The van der Waals surface area contributed by atoms with Crippen molar-refractivity contribution in [2.24, 2.45) is 11.0 Å². The van der Waals surface area contributed by atoms with Gasteiger partial charge in [0, 0.05) is 28.0 Å². The van der Waals surface area contributed by atoms with Crippen LogP contribution >= 0.6 is 15.9 Å². The molecule has 0 atom stereocenters. The van der Waals surface area contributed by atoms with Gasteiger partial charge < -0.3 is 10.6 Å². The van der Waals surface area contributed by atoms with Crippen molar-refractivity contribution in [2.45, 2.75) is 20.3 Å². The van der Waals surface area contributed by atoms with Gasteiger partial charge in [-0.3, -0.25) is 9.59 Å². The van der Waals surface area contributed by atoms with E-state index in [0.29, 0.717) is 12.5 Å². The van der Waals surface area contributed by atoms with Crippen molar-refractivity contribution in [1.29, 1.82) is 0 Å². The number of benzene rings is 2. The second-order valence-electron chi connectivity index (χ2n) is 6.36. The van der Waals surface area contributed by atoms with Crippen molar-refractivity contribution in [1.82, 2.24) is 10.7 Å². The molecule has 0 radical (unpaired) electrons. The van der Waals surface area contributed by atoms with E-state index >= 15 is 0 Å². The van der Waals surface area contributed by atoms with Crippen molar-refractivity contribution in [3.63, 3.8) is 0 Å². The number of hydrazone groups is 1. The lowest BCUT2D eigenvalue weighted by Crippen LogP contribution is -2.38. The van der Waals surface area contributed by atoms with Gasteiger partial charge in [-0.25, -0.2) is 5.43 Å². The molecular formula is C20H23BrN4O2. The van der Waals surface area contributed by atoms with Gasteiger partial charge in [0.25, 0.3) is 0 Å². The van der Waals surface area contributed by atoms with E-state index in [4.69, 9.17) is 0 Å². The number of carbonyl (C=O) groups excluding carboxylic acids is 2. The summed E-state index contributed by atoms with van der Waals surface area (Å²) >= 11 is 3.42. The van der Waals surface area contributed by atoms with E-state index < -0.39 is 11.8 Å². The molecule has 0 fully saturated rings. The van der Waals surface area contributed by atoms with Crippen molar-refractivity contribution in [3.05, 3.63) is 58.6 Å². The number of halogens is 1. The Hall–Kier alpha value is -2.67. The van der Waals surface area contributed by atoms with E-state index in [2.05, 4.69) is 50.9 Å². The number of nitrogens with zero attached hydrogens (tertiary/aromatic N) is 1. The lowest BCUT2D eigenvalue weighted by Gasteiger charge is -2.10. The van der Waals surface area contributed by atoms with Crippen LogP contribution in [0.5, 0.6) is 0 Å². The normalized spacial score (nSPS) is 10.8. The number of nitrogens with one attached hydrogen (secondary N) is 3. The molecule has 0 spiro atoms. The fourth-order valence-corrected chi connectivity index (χ4v) is 2.58. The summed E-state index contributed by atoms with van der Waals surface area (Å²) < 4.78 is 0.875. The average molecular weight is 431 g/mol. The summed E-state index contributed by atoms with van der Waals surface area (Å²) in [6.45, 7) is 4.57. The number of anilines is 2. The van der Waals surface area contributed by atoms with Gasteiger partial charge in [-0.2, -0.15) is 5.10 Å². The van der Waals surface area contributed by atoms with Crippen LogP contribution in [0.2, 0.25) is 0 Å². The zero-order chi connectivity index (χ0) is 19.6. The Kier molecular flexibility index (Phi) is 8.00. The quantitative estimate of drug-likeness (QED) is 0.354. The monoisotopic (exact) mass is 430 g/mol. The van der Waals surface area contributed by atoms with Gasteiger partial charge in [0.05, 0.1) is 6.21 Å². The van der Waals surface area contributed by atoms with Gasteiger partial charge >= 0.3 is 11.8 Å². The van der Waals surface area contributed by atoms with E-state index in [1.807, 2.05) is 48.5 Å². The molecule has 27 heavy (non-hydrogen) atoms. The highest BCUT2D eigenvalue weighted by atomic mass is 79.9. The number of hydrogen-bond acceptors (Lipinski definition) is 4. The number of amides is 2. The van der Waals surface area contributed by atoms with E-state index in [0.717, 1.165) is 27.8 Å². The largest absolute Gasteiger partial charge is 0.355 e. The third kappa shape index (κ3) is 7.22. The molecule has 0 aliphatic carbocycles. The number of hydrogen-bond donors (Lipinski definition) is 3. The fourth-order valence-electron chi connectivity index (χ4n) is 2.20. The van der Waals surface area contributed by atoms with Crippen molar-refractivity contribution in [3.8, 4) is 0 Å². The van der Waals surface area contributed by atoms with Crippen LogP contribution in [-0.4, -0.2) is 24.6 Å². The van der Waals surface area contributed by atoms with E-state index in [-0.39, 0.29) is 0 Å². The maximum absolute atomic E-state index is 11.8. The molecule has 2 aromatic carbocycles. The van der Waals surface area contributed by atoms with Crippen LogP contribution in [-0.2, 0) is 9.59 Å². The molecule has 2 aromatic rings. The van der Waals surface area contributed by atoms with Gasteiger partial charge in [0.1, 0.15) is 0 Å². The standard InChI is InChI=1S/C20H23BrN4O2/c1-14(2)10-11-22-19(26)20(27)25-23-13-15-12-16(21)8-9-18(15)24-17-6-4-3-5-7-17/h3-9,12-14,24H,10-11H2,1-2H3,(H,22,26)(H,25,27)/b23-13-. The van der Waals surface area contributed by atoms with Crippen LogP contribution < -0.4 is 16.1 Å². The molecule has 7 heteroatoms. The lowest BCUT2D eigenvalue weighted by atomic mass is 10.1. The van der Waals surface area contributed by atoms with Crippen LogP contribution in [0.25, 0.3) is 0 Å². The Morgan fingerprint density at radius 3 is 2.56 bits per heavy atom. The predicted molar refractivity (Wildman–Crippen MR) is 112 cm³/mol. The second-order valence-corrected chi connectivity index (χ2v) is 7.28. The molecule has 0 saturated carbocycles. The minimum Gasteiger partial charge on any atom is -0.355 e. The molecule has 0 unspecified atom stereocenters. The highest BCUT2D eigenvalue weighted by Crippen LogP contribution is 2.23. The van der Waals surface area contributed by atoms with Gasteiger partial charge in [-0.05, 0) is 42.7 Å². The molecular weight excluding hydrogens is 408 g/mol. The lowest BCUT2D eigenvalue weighted by molar-refractivity contribution is -0.139. The summed E-state index contributed by atoms with van der Waals surface area (Å²) in [5.74, 6) is -1.02. The predicted octanol–water partition coefficient (Wildman–Crippen LogP) is 3.81. The Labute approximate surface area is 167 Å². The van der Waals surface area contributed by atoms with E-state index in [1.54, 1.807) is 0 Å². The van der Waals surface area contributed by atoms with Crippen molar-refractivity contribution < 1.29 is 9.59 Å². The molecule has 0 heterocycles. The van der Waals surface area contributed by atoms with Gasteiger partial charge in [0.15, 0.2) is 0 Å². The maximum Gasteiger partial charge on any atom is 0.329 e. The number of para-hydroxylation sites is 1. The summed E-state index contributed by atoms with van der Waals surface area (Å²) in [5.41, 5.74) is 4.77. The highest BCUT2D eigenvalue weighted by molar-refractivity contribution is 9.10. The van der Waals surface area contributed by atoms with Gasteiger partial charge in [-0.1, -0.05) is 48.0 Å². The maximum atomic E-state index is 11.8. The first-order valence-corrected chi connectivity index (χ1v) is 9.48. The second kappa shape index (κ2) is 10.5. The van der Waals surface area contributed by atoms with Crippen molar-refractivity contribution in [2.75, 3.05) is 11.9 Å². The molecule has 0 bridgehead atoms. The first kappa shape index (κ1) is 20.6. The fraction of sp³-hybridized carbons (Fsp3) is 0.250. The minimum atomic E-state index is -0.789. The van der Waals surface area contributed by atoms with Crippen LogP contribution in [0.3, 0.4) is 0 Å². The molecule has 2 amide bonds. The van der Waals surface area contributed by atoms with Crippen LogP contribution in [0.15, 0.2) is 58.1 Å². The molecule has 0 aliphatic rings. The Bertz CT molecular complexity index is 807. The molecule has 142 valence electrons. The van der Waals surface area contributed by atoms with E-state index in [1.165, 1.54) is 6.21 Å². The Morgan fingerprint density at radius 2 is 1.85 bits per heavy atom. The Balaban J connectivity index is 1.98.